The van der Waals surface area contributed by atoms with Gasteiger partial charge in [-0.3, -0.25) is 9.59 Å². The summed E-state index contributed by atoms with van der Waals surface area (Å²) in [7, 11) is 1.98. The maximum atomic E-state index is 13.2. The van der Waals surface area contributed by atoms with Crippen LogP contribution in [0.5, 0.6) is 0 Å². The van der Waals surface area contributed by atoms with Gasteiger partial charge in [0.1, 0.15) is 38.5 Å². The number of nitrogens with zero attached hydrogens (tertiary/aromatic N) is 1. The molecule has 0 atom stereocenters. The number of ketones is 1. The first-order chi connectivity index (χ1) is 13.3. The van der Waals surface area contributed by atoms with Crippen molar-refractivity contribution in [3.8, 4) is 0 Å². The molecule has 150 valence electrons. The van der Waals surface area contributed by atoms with Crippen LogP contribution < -0.4 is 15.1 Å². The summed E-state index contributed by atoms with van der Waals surface area (Å²) >= 11 is 0. The average molecular weight is 388 g/mol. The van der Waals surface area contributed by atoms with Crippen molar-refractivity contribution < 1.29 is 23.8 Å². The minimum absolute atomic E-state index is 0.115. The van der Waals surface area contributed by atoms with Gasteiger partial charge >= 0.3 is 0 Å². The predicted molar refractivity (Wildman–Crippen MR) is 105 cm³/mol. The molecule has 1 saturated heterocycles. The quantitative estimate of drug-likeness (QED) is 0.578. The molecule has 2 aromatic rings. The van der Waals surface area contributed by atoms with Gasteiger partial charge in [-0.05, 0) is 38.1 Å². The second kappa shape index (κ2) is 8.67. The second-order valence-electron chi connectivity index (χ2n) is 7.68. The number of carbonyl (C=O) groups is 2. The molecule has 1 fully saturated rings. The number of piperazine rings is 1. The number of carbonyl (C=O) groups excluding carboxylic acids is 2. The van der Waals surface area contributed by atoms with Crippen LogP contribution in [0.15, 0.2) is 30.3 Å². The zero-order valence-electron chi connectivity index (χ0n) is 16.8. The number of Topliss-reactive ketones (excluding diaryl/α,β-unsaturated/α-hetero) is 1. The Morgan fingerprint density at radius 1 is 1.07 bits per heavy atom. The average Bonchev–Trinajstić information content (AvgIpc) is 2.91. The lowest BCUT2D eigenvalue weighted by atomic mass is 10.1. The molecule has 0 aliphatic carbocycles. The van der Waals surface area contributed by atoms with Gasteiger partial charge in [-0.25, -0.2) is 4.39 Å². The zero-order chi connectivity index (χ0) is 20.3. The number of rotatable bonds is 6. The Morgan fingerprint density at radius 2 is 1.71 bits per heavy atom. The van der Waals surface area contributed by atoms with Gasteiger partial charge in [0.25, 0.3) is 5.91 Å². The molecule has 1 aliphatic rings. The highest BCUT2D eigenvalue weighted by Gasteiger charge is 2.27. The predicted octanol–water partition coefficient (Wildman–Crippen LogP) is -0.614. The Kier molecular flexibility index (Phi) is 6.26. The van der Waals surface area contributed by atoms with Crippen LogP contribution in [0.1, 0.15) is 21.7 Å². The summed E-state index contributed by atoms with van der Waals surface area (Å²) in [5.74, 6) is -0.296. The molecule has 0 saturated carbocycles. The number of hydrogen-bond donors (Lipinski definition) is 3. The largest absolute Gasteiger partial charge is 0.351 e. The molecule has 2 heterocycles. The van der Waals surface area contributed by atoms with Gasteiger partial charge in [-0.15, -0.1) is 0 Å². The number of hydrogen-bond acceptors (Lipinski definition) is 2. The molecule has 0 unspecified atom stereocenters. The molecule has 1 aromatic heterocycles. The molecule has 28 heavy (non-hydrogen) atoms. The third kappa shape index (κ3) is 4.85. The molecular formula is C21H29FN4O2+2. The summed E-state index contributed by atoms with van der Waals surface area (Å²) in [5.41, 5.74) is 3.40. The number of amides is 1. The smallest absolute Gasteiger partial charge is 0.279 e. The van der Waals surface area contributed by atoms with Crippen molar-refractivity contribution in [2.24, 2.45) is 7.05 Å². The van der Waals surface area contributed by atoms with Gasteiger partial charge in [-0.1, -0.05) is 6.07 Å². The monoisotopic (exact) mass is 388 g/mol. The van der Waals surface area contributed by atoms with Crippen molar-refractivity contribution in [2.45, 2.75) is 13.8 Å². The Hall–Kier alpha value is -2.51. The minimum atomic E-state index is -0.365. The number of quaternary nitrogens is 2. The first-order valence-corrected chi connectivity index (χ1v) is 9.72. The fraction of sp³-hybridized carbons (Fsp3) is 0.429. The van der Waals surface area contributed by atoms with Crippen molar-refractivity contribution in [3.63, 3.8) is 0 Å². The van der Waals surface area contributed by atoms with E-state index < -0.39 is 0 Å². The number of aromatic nitrogens is 1. The molecular weight excluding hydrogens is 359 g/mol. The number of nitrogens with one attached hydrogen (secondary N) is 3. The standard InChI is InChI=1S/C21H27FN4O2/c1-15-11-19(16(2)24(15)3)20(27)13-25-7-9-26(10-8-25)14-21(28)23-18-6-4-5-17(22)12-18/h4-6,11-12H,7-10,13-14H2,1-3H3,(H,23,28)/p+2. The van der Waals surface area contributed by atoms with E-state index in [-0.39, 0.29) is 17.5 Å². The minimum Gasteiger partial charge on any atom is -0.351 e. The molecule has 1 aromatic carbocycles. The van der Waals surface area contributed by atoms with E-state index in [9.17, 15) is 14.0 Å². The molecule has 0 bridgehead atoms. The molecule has 1 amide bonds. The van der Waals surface area contributed by atoms with Gasteiger partial charge in [0.15, 0.2) is 6.54 Å². The van der Waals surface area contributed by atoms with Crippen LogP contribution in [-0.2, 0) is 11.8 Å². The van der Waals surface area contributed by atoms with Crippen LogP contribution in [0.3, 0.4) is 0 Å². The molecule has 7 heteroatoms. The van der Waals surface area contributed by atoms with Crippen LogP contribution in [-0.4, -0.2) is 55.5 Å². The second-order valence-corrected chi connectivity index (χ2v) is 7.68. The summed E-state index contributed by atoms with van der Waals surface area (Å²) in [6.07, 6.45) is 0. The lowest BCUT2D eigenvalue weighted by Gasteiger charge is -2.29. The van der Waals surface area contributed by atoms with Gasteiger partial charge < -0.3 is 19.7 Å². The molecule has 3 N–H and O–H groups in total. The van der Waals surface area contributed by atoms with E-state index in [1.54, 1.807) is 12.1 Å². The van der Waals surface area contributed by atoms with Crippen LogP contribution in [0.25, 0.3) is 0 Å². The van der Waals surface area contributed by atoms with E-state index in [1.165, 1.54) is 21.9 Å². The van der Waals surface area contributed by atoms with Crippen LogP contribution in [0.2, 0.25) is 0 Å². The van der Waals surface area contributed by atoms with Crippen LogP contribution >= 0.6 is 0 Å². The maximum absolute atomic E-state index is 13.2. The highest BCUT2D eigenvalue weighted by molar-refractivity contribution is 5.98. The first kappa shape index (κ1) is 20.2. The Labute approximate surface area is 164 Å². The van der Waals surface area contributed by atoms with E-state index in [0.717, 1.165) is 43.1 Å². The van der Waals surface area contributed by atoms with E-state index in [4.69, 9.17) is 0 Å². The van der Waals surface area contributed by atoms with Crippen LogP contribution in [0, 0.1) is 19.7 Å². The summed E-state index contributed by atoms with van der Waals surface area (Å²) in [6.45, 7) is 8.24. The number of benzene rings is 1. The molecule has 0 radical (unpaired) electrons. The molecule has 0 spiro atoms. The first-order valence-electron chi connectivity index (χ1n) is 9.72. The van der Waals surface area contributed by atoms with Crippen LogP contribution in [0.4, 0.5) is 10.1 Å². The third-order valence-electron chi connectivity index (χ3n) is 5.67. The normalized spacial score (nSPS) is 19.4. The highest BCUT2D eigenvalue weighted by Crippen LogP contribution is 2.13. The number of halogens is 1. The van der Waals surface area contributed by atoms with Crippen molar-refractivity contribution in [1.82, 2.24) is 4.57 Å². The Balaban J connectivity index is 1.46. The summed E-state index contributed by atoms with van der Waals surface area (Å²) in [4.78, 5) is 27.3. The molecule has 6 nitrogen and oxygen atoms in total. The summed E-state index contributed by atoms with van der Waals surface area (Å²) in [6, 6.07) is 7.89. The van der Waals surface area contributed by atoms with Crippen molar-refractivity contribution in [3.05, 3.63) is 53.1 Å². The van der Waals surface area contributed by atoms with Gasteiger partial charge in [0, 0.05) is 29.7 Å². The zero-order valence-corrected chi connectivity index (χ0v) is 16.8. The Bertz CT molecular complexity index is 869. The topological polar surface area (TPSA) is 60.0 Å². The fourth-order valence-electron chi connectivity index (χ4n) is 3.77. The van der Waals surface area contributed by atoms with E-state index in [2.05, 4.69) is 5.32 Å². The van der Waals surface area contributed by atoms with E-state index >= 15 is 0 Å². The van der Waals surface area contributed by atoms with Crippen molar-refractivity contribution >= 4 is 17.4 Å². The summed E-state index contributed by atoms with van der Waals surface area (Å²) in [5, 5.41) is 2.75. The van der Waals surface area contributed by atoms with E-state index in [1.807, 2.05) is 31.5 Å². The fourth-order valence-corrected chi connectivity index (χ4v) is 3.77. The molecule has 3 rings (SSSR count). The lowest BCUT2D eigenvalue weighted by molar-refractivity contribution is -1.00. The molecule has 1 aliphatic heterocycles. The highest BCUT2D eigenvalue weighted by atomic mass is 19.1. The number of aryl methyl sites for hydroxylation is 1. The van der Waals surface area contributed by atoms with Crippen molar-refractivity contribution in [1.29, 1.82) is 0 Å². The van der Waals surface area contributed by atoms with Gasteiger partial charge in [0.05, 0.1) is 0 Å². The van der Waals surface area contributed by atoms with Crippen molar-refractivity contribution in [2.75, 3.05) is 44.6 Å². The summed E-state index contributed by atoms with van der Waals surface area (Å²) < 4.78 is 15.2. The SMILES string of the molecule is Cc1cc(C(=O)C[NH+]2CC[NH+](CC(=O)Nc3cccc(F)c3)CC2)c(C)n1C. The maximum Gasteiger partial charge on any atom is 0.279 e. The number of anilines is 1. The Morgan fingerprint density at radius 3 is 2.29 bits per heavy atom. The van der Waals surface area contributed by atoms with E-state index in [0.29, 0.717) is 18.8 Å². The van der Waals surface area contributed by atoms with Gasteiger partial charge in [0.2, 0.25) is 5.78 Å². The third-order valence-corrected chi connectivity index (χ3v) is 5.67. The lowest BCUT2D eigenvalue weighted by Crippen LogP contribution is -3.28. The van der Waals surface area contributed by atoms with Gasteiger partial charge in [-0.2, -0.15) is 0 Å².